The monoisotopic (exact) mass is 460 g/mol. The molecule has 0 saturated heterocycles. The minimum Gasteiger partial charge on any atom is -0.424 e. The van der Waals surface area contributed by atoms with E-state index in [-0.39, 0.29) is 17.1 Å². The van der Waals surface area contributed by atoms with Crippen LogP contribution in [0.1, 0.15) is 5.56 Å². The summed E-state index contributed by atoms with van der Waals surface area (Å²) in [4.78, 5) is 54.1. The highest BCUT2D eigenvalue weighted by molar-refractivity contribution is 5.88. The van der Waals surface area contributed by atoms with Crippen LogP contribution in [0.4, 0.5) is 0 Å². The van der Waals surface area contributed by atoms with E-state index >= 15 is 0 Å². The van der Waals surface area contributed by atoms with Crippen molar-refractivity contribution < 1.29 is 69.1 Å². The Kier molecular flexibility index (Phi) is 10.9. The normalized spacial score (nSPS) is 13.7. The van der Waals surface area contributed by atoms with Crippen molar-refractivity contribution in [2.75, 3.05) is 19.8 Å². The average molecular weight is 460 g/mol. The summed E-state index contributed by atoms with van der Waals surface area (Å²) in [7, 11) is 0. The number of carbonyl (C=O) groups is 4. The Morgan fingerprint density at radius 1 is 0.781 bits per heavy atom. The van der Waals surface area contributed by atoms with Gasteiger partial charge in [-0.15, -0.1) is 0 Å². The zero-order chi connectivity index (χ0) is 24.3. The van der Waals surface area contributed by atoms with Gasteiger partial charge in [0.1, 0.15) is 11.5 Å². The van der Waals surface area contributed by atoms with E-state index < -0.39 is 62.0 Å². The van der Waals surface area contributed by atoms with Crippen LogP contribution in [-0.2, 0) is 29.0 Å². The highest BCUT2D eigenvalue weighted by Crippen LogP contribution is 2.27. The van der Waals surface area contributed by atoms with Crippen molar-refractivity contribution in [1.82, 2.24) is 0 Å². The van der Waals surface area contributed by atoms with Crippen LogP contribution in [0.3, 0.4) is 0 Å². The predicted molar refractivity (Wildman–Crippen MR) is 98.2 cm³/mol. The van der Waals surface area contributed by atoms with Gasteiger partial charge in [-0.2, -0.15) is 0 Å². The topological polar surface area (TPSA) is 227 Å². The maximum atomic E-state index is 11.8. The zero-order valence-electron chi connectivity index (χ0n) is 16.2. The molecule has 0 aliphatic carbocycles. The van der Waals surface area contributed by atoms with Gasteiger partial charge in [0.2, 0.25) is 0 Å². The van der Waals surface area contributed by atoms with E-state index in [2.05, 4.69) is 9.78 Å². The van der Waals surface area contributed by atoms with Gasteiger partial charge in [-0.1, -0.05) is 0 Å². The molecule has 3 atom stereocenters. The first-order valence-corrected chi connectivity index (χ1v) is 8.67. The summed E-state index contributed by atoms with van der Waals surface area (Å²) in [6.45, 7) is -2.84. The van der Waals surface area contributed by atoms with Crippen LogP contribution in [0, 0.1) is 0 Å². The van der Waals surface area contributed by atoms with Gasteiger partial charge in [0.15, 0.2) is 18.3 Å². The lowest BCUT2D eigenvalue weighted by Crippen LogP contribution is -2.29. The Labute approximate surface area is 179 Å². The second-order valence-corrected chi connectivity index (χ2v) is 5.78. The van der Waals surface area contributed by atoms with E-state index in [1.165, 1.54) is 6.07 Å². The molecule has 1 aromatic carbocycles. The van der Waals surface area contributed by atoms with Gasteiger partial charge < -0.3 is 40.1 Å². The van der Waals surface area contributed by atoms with Crippen molar-refractivity contribution in [1.29, 1.82) is 0 Å². The smallest absolute Gasteiger partial charge is 0.386 e. The lowest BCUT2D eigenvalue weighted by atomic mass is 10.1. The van der Waals surface area contributed by atoms with Gasteiger partial charge in [0, 0.05) is 17.7 Å². The van der Waals surface area contributed by atoms with Crippen molar-refractivity contribution in [3.63, 3.8) is 0 Å². The third kappa shape index (κ3) is 8.38. The quantitative estimate of drug-likeness (QED) is 0.0657. The molecule has 14 heteroatoms. The molecule has 0 radical (unpaired) electrons. The van der Waals surface area contributed by atoms with Crippen molar-refractivity contribution in [3.8, 4) is 11.5 Å². The summed E-state index contributed by atoms with van der Waals surface area (Å²) in [5, 5.41) is 53.7. The Morgan fingerprint density at radius 2 is 1.31 bits per heavy atom. The molecule has 0 bridgehead atoms. The minimum atomic E-state index is -1.92. The van der Waals surface area contributed by atoms with Gasteiger partial charge >= 0.3 is 23.9 Å². The molecule has 1 aromatic rings. The van der Waals surface area contributed by atoms with E-state index in [4.69, 9.17) is 29.9 Å². The summed E-state index contributed by atoms with van der Waals surface area (Å²) < 4.78 is 9.67. The zero-order valence-corrected chi connectivity index (χ0v) is 16.2. The number of hydrogen-bond donors (Lipinski definition) is 6. The number of aliphatic hydroxyl groups is 6. The van der Waals surface area contributed by atoms with Crippen molar-refractivity contribution >= 4 is 30.0 Å². The molecule has 0 heterocycles. The molecule has 3 unspecified atom stereocenters. The van der Waals surface area contributed by atoms with E-state index in [0.29, 0.717) is 6.08 Å². The lowest BCUT2D eigenvalue weighted by Gasteiger charge is -2.13. The molecule has 0 fully saturated rings. The van der Waals surface area contributed by atoms with Crippen molar-refractivity contribution in [2.24, 2.45) is 0 Å². The fourth-order valence-corrected chi connectivity index (χ4v) is 1.71. The Morgan fingerprint density at radius 3 is 1.88 bits per heavy atom. The average Bonchev–Trinajstić information content (AvgIpc) is 2.79. The standard InChI is InChI=1S/C18H20O14/c19-6-11(22)16(26)29-10-3-1-9(14(5-10)30-17(27)12(23)7-20)2-4-15(25)31-32-18(28)13(24)8-21/h1-5,11-13,19-24H,6-8H2. The van der Waals surface area contributed by atoms with Gasteiger partial charge in [0.05, 0.1) is 19.8 Å². The first-order valence-electron chi connectivity index (χ1n) is 8.67. The molecule has 1 rings (SSSR count). The second-order valence-electron chi connectivity index (χ2n) is 5.78. The SMILES string of the molecule is O=C(C=Cc1ccc(OC(=O)C(O)CO)cc1OC(=O)C(O)CO)OOC(=O)C(O)CO. The summed E-state index contributed by atoms with van der Waals surface area (Å²) >= 11 is 0. The predicted octanol–water partition coefficient (Wildman–Crippen LogP) is -3.43. The third-order valence-electron chi connectivity index (χ3n) is 3.35. The molecular formula is C18H20O14. The molecule has 0 saturated carbocycles. The molecule has 6 N–H and O–H groups in total. The van der Waals surface area contributed by atoms with Crippen LogP contribution >= 0.6 is 0 Å². The van der Waals surface area contributed by atoms with Crippen LogP contribution in [-0.4, -0.2) is 92.6 Å². The molecule has 0 aliphatic rings. The van der Waals surface area contributed by atoms with E-state index in [1.54, 1.807) is 0 Å². The second kappa shape index (κ2) is 13.1. The lowest BCUT2D eigenvalue weighted by molar-refractivity contribution is -0.261. The van der Waals surface area contributed by atoms with Gasteiger partial charge in [-0.3, -0.25) is 0 Å². The fraction of sp³-hybridized carbons (Fsp3) is 0.333. The number of benzene rings is 1. The summed E-state index contributed by atoms with van der Waals surface area (Å²) in [6, 6.07) is 3.30. The molecule has 0 aromatic heterocycles. The van der Waals surface area contributed by atoms with Gasteiger partial charge in [-0.25, -0.2) is 29.0 Å². The van der Waals surface area contributed by atoms with Crippen molar-refractivity contribution in [3.05, 3.63) is 29.8 Å². The van der Waals surface area contributed by atoms with Gasteiger partial charge in [0.25, 0.3) is 0 Å². The molecule has 0 aliphatic heterocycles. The van der Waals surface area contributed by atoms with E-state index in [0.717, 1.165) is 18.2 Å². The molecule has 32 heavy (non-hydrogen) atoms. The van der Waals surface area contributed by atoms with Crippen LogP contribution in [0.15, 0.2) is 24.3 Å². The number of rotatable bonds is 10. The largest absolute Gasteiger partial charge is 0.424 e. The number of ether oxygens (including phenoxy) is 2. The number of esters is 2. The summed E-state index contributed by atoms with van der Waals surface area (Å²) in [5.74, 6) is -5.83. The van der Waals surface area contributed by atoms with Crippen molar-refractivity contribution in [2.45, 2.75) is 18.3 Å². The third-order valence-corrected chi connectivity index (χ3v) is 3.35. The fourth-order valence-electron chi connectivity index (χ4n) is 1.71. The first-order chi connectivity index (χ1) is 15.1. The molecule has 176 valence electrons. The van der Waals surface area contributed by atoms with E-state index in [9.17, 15) is 29.4 Å². The molecule has 0 amide bonds. The summed E-state index contributed by atoms with van der Waals surface area (Å²) in [5.41, 5.74) is -0.0235. The minimum absolute atomic E-state index is 0.0235. The van der Waals surface area contributed by atoms with Crippen LogP contribution in [0.25, 0.3) is 6.08 Å². The maximum Gasteiger partial charge on any atom is 0.386 e. The summed E-state index contributed by atoms with van der Waals surface area (Å²) in [6.07, 6.45) is -3.96. The number of carbonyl (C=O) groups excluding carboxylic acids is 4. The van der Waals surface area contributed by atoms with E-state index in [1.807, 2.05) is 0 Å². The molecular weight excluding hydrogens is 440 g/mol. The maximum absolute atomic E-state index is 11.8. The highest BCUT2D eigenvalue weighted by Gasteiger charge is 2.21. The first kappa shape index (κ1) is 26.6. The van der Waals surface area contributed by atoms with Gasteiger partial charge in [-0.05, 0) is 18.2 Å². The Balaban J connectivity index is 3.03. The van der Waals surface area contributed by atoms with Crippen LogP contribution in [0.5, 0.6) is 11.5 Å². The highest BCUT2D eigenvalue weighted by atomic mass is 17.2. The van der Waals surface area contributed by atoms with Crippen LogP contribution in [0.2, 0.25) is 0 Å². The molecule has 0 spiro atoms. The Bertz CT molecular complexity index is 848. The number of aliphatic hydroxyl groups excluding tert-OH is 6. The Hall–Kier alpha value is -3.40. The number of hydrogen-bond acceptors (Lipinski definition) is 14. The molecule has 14 nitrogen and oxygen atoms in total. The van der Waals surface area contributed by atoms with Crippen LogP contribution < -0.4 is 9.47 Å².